The van der Waals surface area contributed by atoms with Crippen LogP contribution in [0.25, 0.3) is 0 Å². The van der Waals surface area contributed by atoms with Gasteiger partial charge in [0, 0.05) is 15.4 Å². The lowest BCUT2D eigenvalue weighted by Crippen LogP contribution is -1.99. The summed E-state index contributed by atoms with van der Waals surface area (Å²) in [5.41, 5.74) is 1.55. The normalized spacial score (nSPS) is 10.5. The number of alkyl halides is 1. The first-order valence-electron chi connectivity index (χ1n) is 5.51. The average molecular weight is 408 g/mol. The van der Waals surface area contributed by atoms with Gasteiger partial charge >= 0.3 is 0 Å². The molecule has 0 fully saturated rings. The molecule has 2 aromatic carbocycles. The fraction of sp³-hybridized carbons (Fsp3) is 0.143. The molecular weight excluding hydrogens is 398 g/mol. The number of ether oxygens (including phenoxy) is 1. The van der Waals surface area contributed by atoms with Crippen LogP contribution in [0.4, 0.5) is 4.39 Å². The Balaban J connectivity index is 2.10. The molecule has 0 aliphatic heterocycles. The summed E-state index contributed by atoms with van der Waals surface area (Å²) in [5, 5.41) is 1.25. The standard InChI is InChI=1S/C14H10Br2ClFO/c15-7-9-1-4-14(12(17)5-9)19-8-10-2-3-11(16)6-13(10)18/h1-6H,7-8H2. The molecule has 0 N–H and O–H groups in total. The second-order valence-electron chi connectivity index (χ2n) is 3.92. The summed E-state index contributed by atoms with van der Waals surface area (Å²) in [5.74, 6) is 0.247. The van der Waals surface area contributed by atoms with Gasteiger partial charge in [-0.2, -0.15) is 0 Å². The zero-order valence-electron chi connectivity index (χ0n) is 9.80. The van der Waals surface area contributed by atoms with Crippen molar-refractivity contribution in [1.29, 1.82) is 0 Å². The van der Waals surface area contributed by atoms with E-state index >= 15 is 0 Å². The van der Waals surface area contributed by atoms with E-state index in [1.807, 2.05) is 12.1 Å². The molecule has 0 atom stereocenters. The predicted molar refractivity (Wildman–Crippen MR) is 82.5 cm³/mol. The van der Waals surface area contributed by atoms with Gasteiger partial charge in [0.05, 0.1) is 5.02 Å². The molecule has 19 heavy (non-hydrogen) atoms. The lowest BCUT2D eigenvalue weighted by atomic mass is 10.2. The van der Waals surface area contributed by atoms with E-state index in [0.717, 1.165) is 10.9 Å². The third-order valence-corrected chi connectivity index (χ3v) is 3.98. The fourth-order valence-corrected chi connectivity index (χ4v) is 2.48. The molecule has 0 heterocycles. The van der Waals surface area contributed by atoms with Gasteiger partial charge in [-0.25, -0.2) is 4.39 Å². The van der Waals surface area contributed by atoms with Gasteiger partial charge in [-0.1, -0.05) is 55.6 Å². The first-order valence-corrected chi connectivity index (χ1v) is 7.80. The summed E-state index contributed by atoms with van der Waals surface area (Å²) in [6.07, 6.45) is 0. The Morgan fingerprint density at radius 1 is 1.16 bits per heavy atom. The summed E-state index contributed by atoms with van der Waals surface area (Å²) < 4.78 is 19.9. The molecule has 2 aromatic rings. The molecule has 0 saturated heterocycles. The molecule has 0 aliphatic rings. The molecule has 0 saturated carbocycles. The fourth-order valence-electron chi connectivity index (χ4n) is 1.54. The predicted octanol–water partition coefficient (Wildman–Crippen LogP) is 5.72. The quantitative estimate of drug-likeness (QED) is 0.589. The summed E-state index contributed by atoms with van der Waals surface area (Å²) in [7, 11) is 0. The lowest BCUT2D eigenvalue weighted by molar-refractivity contribution is 0.300. The molecule has 0 amide bonds. The van der Waals surface area contributed by atoms with Gasteiger partial charge < -0.3 is 4.74 Å². The number of rotatable bonds is 4. The lowest BCUT2D eigenvalue weighted by Gasteiger charge is -2.10. The second kappa shape index (κ2) is 6.73. The van der Waals surface area contributed by atoms with E-state index in [0.29, 0.717) is 20.8 Å². The molecule has 0 aliphatic carbocycles. The minimum atomic E-state index is -0.303. The minimum absolute atomic E-state index is 0.145. The van der Waals surface area contributed by atoms with Crippen molar-refractivity contribution in [3.8, 4) is 5.75 Å². The van der Waals surface area contributed by atoms with Crippen molar-refractivity contribution in [2.45, 2.75) is 11.9 Å². The Bertz CT molecular complexity index is 590. The van der Waals surface area contributed by atoms with Crippen LogP contribution in [0.1, 0.15) is 11.1 Å². The smallest absolute Gasteiger partial charge is 0.138 e. The van der Waals surface area contributed by atoms with Crippen LogP contribution in [-0.4, -0.2) is 0 Å². The molecule has 1 nitrogen and oxygen atoms in total. The first kappa shape index (κ1) is 14.8. The van der Waals surface area contributed by atoms with Crippen LogP contribution in [-0.2, 0) is 11.9 Å². The third-order valence-electron chi connectivity index (χ3n) is 2.55. The number of benzene rings is 2. The van der Waals surface area contributed by atoms with Gasteiger partial charge in [0.1, 0.15) is 18.2 Å². The Labute approximate surface area is 133 Å². The zero-order valence-corrected chi connectivity index (χ0v) is 13.7. The molecule has 0 unspecified atom stereocenters. The SMILES string of the molecule is Fc1cc(Br)ccc1COc1ccc(CBr)cc1Cl. The highest BCUT2D eigenvalue weighted by Gasteiger charge is 2.06. The summed E-state index contributed by atoms with van der Waals surface area (Å²) >= 11 is 12.7. The maximum atomic E-state index is 13.6. The van der Waals surface area contributed by atoms with Gasteiger partial charge in [-0.05, 0) is 29.8 Å². The highest BCUT2D eigenvalue weighted by molar-refractivity contribution is 9.10. The van der Waals surface area contributed by atoms with Gasteiger partial charge in [-0.3, -0.25) is 0 Å². The van der Waals surface area contributed by atoms with E-state index in [9.17, 15) is 4.39 Å². The molecule has 100 valence electrons. The second-order valence-corrected chi connectivity index (χ2v) is 5.81. The Morgan fingerprint density at radius 3 is 2.58 bits per heavy atom. The summed E-state index contributed by atoms with van der Waals surface area (Å²) in [4.78, 5) is 0. The average Bonchev–Trinajstić information content (AvgIpc) is 2.39. The monoisotopic (exact) mass is 406 g/mol. The van der Waals surface area contributed by atoms with Crippen LogP contribution in [0, 0.1) is 5.82 Å². The van der Waals surface area contributed by atoms with Gasteiger partial charge in [0.2, 0.25) is 0 Å². The number of hydrogen-bond donors (Lipinski definition) is 0. The topological polar surface area (TPSA) is 9.23 Å². The highest BCUT2D eigenvalue weighted by Crippen LogP contribution is 2.27. The van der Waals surface area contributed by atoms with Crippen LogP contribution in [0.3, 0.4) is 0 Å². The van der Waals surface area contributed by atoms with Crippen LogP contribution in [0.5, 0.6) is 5.75 Å². The molecule has 0 spiro atoms. The van der Waals surface area contributed by atoms with E-state index in [2.05, 4.69) is 31.9 Å². The number of hydrogen-bond acceptors (Lipinski definition) is 1. The van der Waals surface area contributed by atoms with Crippen molar-refractivity contribution in [2.24, 2.45) is 0 Å². The van der Waals surface area contributed by atoms with Gasteiger partial charge in [-0.15, -0.1) is 0 Å². The zero-order chi connectivity index (χ0) is 13.8. The molecule has 0 aromatic heterocycles. The van der Waals surface area contributed by atoms with Crippen molar-refractivity contribution < 1.29 is 9.13 Å². The van der Waals surface area contributed by atoms with Crippen molar-refractivity contribution in [1.82, 2.24) is 0 Å². The van der Waals surface area contributed by atoms with E-state index in [1.54, 1.807) is 18.2 Å². The van der Waals surface area contributed by atoms with E-state index in [4.69, 9.17) is 16.3 Å². The van der Waals surface area contributed by atoms with E-state index in [1.165, 1.54) is 6.07 Å². The molecule has 0 bridgehead atoms. The van der Waals surface area contributed by atoms with Crippen LogP contribution in [0.15, 0.2) is 40.9 Å². The third kappa shape index (κ3) is 3.94. The van der Waals surface area contributed by atoms with E-state index < -0.39 is 0 Å². The van der Waals surface area contributed by atoms with E-state index in [-0.39, 0.29) is 12.4 Å². The van der Waals surface area contributed by atoms with Crippen molar-refractivity contribution in [3.63, 3.8) is 0 Å². The van der Waals surface area contributed by atoms with Crippen LogP contribution >= 0.6 is 43.5 Å². The van der Waals surface area contributed by atoms with Gasteiger partial charge in [0.15, 0.2) is 0 Å². The maximum absolute atomic E-state index is 13.6. The Hall–Kier alpha value is -0.580. The maximum Gasteiger partial charge on any atom is 0.138 e. The summed E-state index contributed by atoms with van der Waals surface area (Å²) in [6.45, 7) is 0.145. The van der Waals surface area contributed by atoms with Crippen molar-refractivity contribution >= 4 is 43.5 Å². The molecule has 0 radical (unpaired) electrons. The molecular formula is C14H10Br2ClFO. The molecule has 2 rings (SSSR count). The Morgan fingerprint density at radius 2 is 1.95 bits per heavy atom. The summed E-state index contributed by atoms with van der Waals surface area (Å²) in [6, 6.07) is 10.4. The highest BCUT2D eigenvalue weighted by atomic mass is 79.9. The van der Waals surface area contributed by atoms with Crippen molar-refractivity contribution in [2.75, 3.05) is 0 Å². The Kier molecular flexibility index (Phi) is 5.25. The van der Waals surface area contributed by atoms with Crippen molar-refractivity contribution in [3.05, 3.63) is 62.8 Å². The number of halogens is 4. The minimum Gasteiger partial charge on any atom is -0.487 e. The molecule has 5 heteroatoms. The van der Waals surface area contributed by atoms with Gasteiger partial charge in [0.25, 0.3) is 0 Å². The van der Waals surface area contributed by atoms with Crippen LogP contribution < -0.4 is 4.74 Å². The first-order chi connectivity index (χ1) is 9.10. The largest absolute Gasteiger partial charge is 0.487 e. The van der Waals surface area contributed by atoms with Crippen LogP contribution in [0.2, 0.25) is 5.02 Å².